The highest BCUT2D eigenvalue weighted by molar-refractivity contribution is 6.35. The topological polar surface area (TPSA) is 76.1 Å². The molecule has 2 aromatic carbocycles. The van der Waals surface area contributed by atoms with Crippen molar-refractivity contribution in [3.63, 3.8) is 0 Å². The van der Waals surface area contributed by atoms with Crippen molar-refractivity contribution in [2.75, 3.05) is 14.2 Å². The predicted molar refractivity (Wildman–Crippen MR) is 91.1 cm³/mol. The lowest BCUT2D eigenvalue weighted by Gasteiger charge is -2.15. The lowest BCUT2D eigenvalue weighted by molar-refractivity contribution is -0.138. The van der Waals surface area contributed by atoms with Crippen LogP contribution in [0.25, 0.3) is 5.57 Å². The first-order valence-corrected chi connectivity index (χ1v) is 7.62. The van der Waals surface area contributed by atoms with Gasteiger partial charge in [0, 0.05) is 5.56 Å². The number of amides is 2. The van der Waals surface area contributed by atoms with Gasteiger partial charge in [0.2, 0.25) is 0 Å². The molecule has 0 aromatic heterocycles. The number of carbonyl (C=O) groups is 2. The molecule has 0 saturated carbocycles. The molecule has 2 aromatic rings. The van der Waals surface area contributed by atoms with Crippen LogP contribution < -0.4 is 9.47 Å². The molecule has 0 unspecified atom stereocenters. The summed E-state index contributed by atoms with van der Waals surface area (Å²) in [6, 6.07) is 13.8. The van der Waals surface area contributed by atoms with Gasteiger partial charge in [-0.25, -0.2) is 0 Å². The summed E-state index contributed by atoms with van der Waals surface area (Å²) in [6.07, 6.45) is 0. The van der Waals surface area contributed by atoms with E-state index < -0.39 is 17.6 Å². The van der Waals surface area contributed by atoms with Gasteiger partial charge in [-0.3, -0.25) is 14.5 Å². The first-order valence-electron chi connectivity index (χ1n) is 7.62. The van der Waals surface area contributed by atoms with Crippen molar-refractivity contribution >= 4 is 17.4 Å². The smallest absolute Gasteiger partial charge is 0.296 e. The first kappa shape index (κ1) is 16.6. The van der Waals surface area contributed by atoms with E-state index in [2.05, 4.69) is 0 Å². The van der Waals surface area contributed by atoms with Gasteiger partial charge < -0.3 is 14.6 Å². The highest BCUT2D eigenvalue weighted by Gasteiger charge is 2.40. The Morgan fingerprint density at radius 2 is 1.60 bits per heavy atom. The molecule has 1 N–H and O–H groups in total. The SMILES string of the molecule is COc1ccc(CN2C(=O)C(O)=C(c3ccccc3OC)C2=O)cc1. The minimum atomic E-state index is -0.721. The first-order chi connectivity index (χ1) is 12.1. The van der Waals surface area contributed by atoms with Crippen LogP contribution >= 0.6 is 0 Å². The van der Waals surface area contributed by atoms with Gasteiger partial charge in [0.15, 0.2) is 5.76 Å². The highest BCUT2D eigenvalue weighted by atomic mass is 16.5. The molecule has 3 rings (SSSR count). The molecule has 0 radical (unpaired) electrons. The predicted octanol–water partition coefficient (Wildman–Crippen LogP) is 2.54. The van der Waals surface area contributed by atoms with Crippen molar-refractivity contribution < 1.29 is 24.2 Å². The van der Waals surface area contributed by atoms with Gasteiger partial charge in [-0.2, -0.15) is 0 Å². The van der Waals surface area contributed by atoms with Crippen LogP contribution in [0.5, 0.6) is 11.5 Å². The Kier molecular flexibility index (Phi) is 4.43. The minimum absolute atomic E-state index is 0.0454. The molecule has 2 amide bonds. The molecule has 1 aliphatic rings. The molecule has 25 heavy (non-hydrogen) atoms. The number of ether oxygens (including phenoxy) is 2. The second kappa shape index (κ2) is 6.68. The molecule has 6 heteroatoms. The van der Waals surface area contributed by atoms with Gasteiger partial charge in [0.05, 0.1) is 26.3 Å². The van der Waals surface area contributed by atoms with E-state index in [0.717, 1.165) is 10.5 Å². The molecule has 1 aliphatic heterocycles. The summed E-state index contributed by atoms with van der Waals surface area (Å²) in [4.78, 5) is 26.1. The lowest BCUT2D eigenvalue weighted by Crippen LogP contribution is -2.31. The number of nitrogens with zero attached hydrogens (tertiary/aromatic N) is 1. The van der Waals surface area contributed by atoms with Crippen molar-refractivity contribution in [2.24, 2.45) is 0 Å². The second-order valence-electron chi connectivity index (χ2n) is 5.47. The Hall–Kier alpha value is -3.28. The van der Waals surface area contributed by atoms with E-state index in [1.165, 1.54) is 7.11 Å². The van der Waals surface area contributed by atoms with Crippen molar-refractivity contribution in [3.05, 3.63) is 65.4 Å². The average molecular weight is 339 g/mol. The van der Waals surface area contributed by atoms with Crippen LogP contribution in [-0.4, -0.2) is 36.0 Å². The summed E-state index contributed by atoms with van der Waals surface area (Å²) < 4.78 is 10.3. The Morgan fingerprint density at radius 1 is 0.920 bits per heavy atom. The summed E-state index contributed by atoms with van der Waals surface area (Å²) in [7, 11) is 3.02. The van der Waals surface area contributed by atoms with Crippen LogP contribution in [0.15, 0.2) is 54.3 Å². The normalized spacial score (nSPS) is 14.2. The third kappa shape index (κ3) is 2.94. The van der Waals surface area contributed by atoms with E-state index in [1.807, 2.05) is 0 Å². The number of benzene rings is 2. The van der Waals surface area contributed by atoms with Gasteiger partial charge in [0.1, 0.15) is 11.5 Å². The molecule has 0 fully saturated rings. The Labute approximate surface area is 144 Å². The van der Waals surface area contributed by atoms with Crippen LogP contribution in [0.1, 0.15) is 11.1 Å². The Balaban J connectivity index is 1.90. The molecule has 0 saturated heterocycles. The zero-order valence-electron chi connectivity index (χ0n) is 13.9. The van der Waals surface area contributed by atoms with Gasteiger partial charge in [-0.05, 0) is 23.8 Å². The van der Waals surface area contributed by atoms with Gasteiger partial charge in [0.25, 0.3) is 11.8 Å². The summed E-state index contributed by atoms with van der Waals surface area (Å²) >= 11 is 0. The van der Waals surface area contributed by atoms with Crippen molar-refractivity contribution in [1.82, 2.24) is 4.90 Å². The van der Waals surface area contributed by atoms with Crippen molar-refractivity contribution in [1.29, 1.82) is 0 Å². The fourth-order valence-electron chi connectivity index (χ4n) is 2.71. The van der Waals surface area contributed by atoms with Crippen LogP contribution in [0, 0.1) is 0 Å². The van der Waals surface area contributed by atoms with Gasteiger partial charge in [-0.15, -0.1) is 0 Å². The molecule has 1 heterocycles. The number of rotatable bonds is 5. The number of para-hydroxylation sites is 1. The quantitative estimate of drug-likeness (QED) is 0.847. The van der Waals surface area contributed by atoms with E-state index >= 15 is 0 Å². The molecule has 128 valence electrons. The van der Waals surface area contributed by atoms with Gasteiger partial charge >= 0.3 is 0 Å². The van der Waals surface area contributed by atoms with E-state index in [9.17, 15) is 14.7 Å². The highest BCUT2D eigenvalue weighted by Crippen LogP contribution is 2.34. The zero-order valence-corrected chi connectivity index (χ0v) is 13.9. The summed E-state index contributed by atoms with van der Waals surface area (Å²) in [6.45, 7) is 0.0599. The monoisotopic (exact) mass is 339 g/mol. The third-order valence-electron chi connectivity index (χ3n) is 4.02. The van der Waals surface area contributed by atoms with Gasteiger partial charge in [-0.1, -0.05) is 30.3 Å². The van der Waals surface area contributed by atoms with E-state index in [-0.39, 0.29) is 12.1 Å². The Bertz CT molecular complexity index is 854. The van der Waals surface area contributed by atoms with Crippen LogP contribution in [0.2, 0.25) is 0 Å². The molecule has 0 atom stereocenters. The van der Waals surface area contributed by atoms with E-state index in [4.69, 9.17) is 9.47 Å². The number of hydrogen-bond donors (Lipinski definition) is 1. The second-order valence-corrected chi connectivity index (χ2v) is 5.47. The molecular formula is C19H17NO5. The van der Waals surface area contributed by atoms with Crippen molar-refractivity contribution in [3.8, 4) is 11.5 Å². The lowest BCUT2D eigenvalue weighted by atomic mass is 10.0. The number of aliphatic hydroxyl groups is 1. The number of methoxy groups -OCH3 is 2. The van der Waals surface area contributed by atoms with Crippen LogP contribution in [-0.2, 0) is 16.1 Å². The maximum atomic E-state index is 12.7. The number of aliphatic hydroxyl groups excluding tert-OH is 1. The van der Waals surface area contributed by atoms with Crippen LogP contribution in [0.3, 0.4) is 0 Å². The maximum Gasteiger partial charge on any atom is 0.296 e. The maximum absolute atomic E-state index is 12.7. The fraction of sp³-hybridized carbons (Fsp3) is 0.158. The third-order valence-corrected chi connectivity index (χ3v) is 4.02. The molecule has 0 bridgehead atoms. The molecule has 0 aliphatic carbocycles. The van der Waals surface area contributed by atoms with E-state index in [1.54, 1.807) is 55.6 Å². The average Bonchev–Trinajstić information content (AvgIpc) is 2.85. The van der Waals surface area contributed by atoms with Crippen molar-refractivity contribution in [2.45, 2.75) is 6.54 Å². The summed E-state index contributed by atoms with van der Waals surface area (Å²) in [5, 5.41) is 10.2. The zero-order chi connectivity index (χ0) is 18.0. The molecule has 0 spiro atoms. The van der Waals surface area contributed by atoms with Crippen LogP contribution in [0.4, 0.5) is 0 Å². The number of hydrogen-bond acceptors (Lipinski definition) is 5. The summed E-state index contributed by atoms with van der Waals surface area (Å²) in [5.74, 6) is -0.748. The minimum Gasteiger partial charge on any atom is -0.502 e. The summed E-state index contributed by atoms with van der Waals surface area (Å²) in [5.41, 5.74) is 1.09. The molecule has 6 nitrogen and oxygen atoms in total. The number of imide groups is 1. The largest absolute Gasteiger partial charge is 0.502 e. The Morgan fingerprint density at radius 3 is 2.24 bits per heavy atom. The number of carbonyl (C=O) groups excluding carboxylic acids is 2. The standard InChI is InChI=1S/C19H17NO5/c1-24-13-9-7-12(8-10-13)11-20-18(22)16(17(21)19(20)23)14-5-3-4-6-15(14)25-2/h3-10,21H,11H2,1-2H3. The molecular weight excluding hydrogens is 322 g/mol. The fourth-order valence-corrected chi connectivity index (χ4v) is 2.71. The van der Waals surface area contributed by atoms with E-state index in [0.29, 0.717) is 17.1 Å².